The van der Waals surface area contributed by atoms with E-state index in [2.05, 4.69) is 5.32 Å². The van der Waals surface area contributed by atoms with E-state index in [9.17, 15) is 17.6 Å². The average Bonchev–Trinajstić information content (AvgIpc) is 2.49. The van der Waals surface area contributed by atoms with Gasteiger partial charge in [-0.05, 0) is 49.9 Å². The summed E-state index contributed by atoms with van der Waals surface area (Å²) >= 11 is 0. The average molecular weight is 344 g/mol. The van der Waals surface area contributed by atoms with Gasteiger partial charge < -0.3 is 10.4 Å². The molecule has 1 aromatic carbocycles. The normalized spacial score (nSPS) is 19.7. The monoisotopic (exact) mass is 344 g/mol. The van der Waals surface area contributed by atoms with E-state index in [4.69, 9.17) is 5.11 Å². The molecule has 1 saturated heterocycles. The van der Waals surface area contributed by atoms with Crippen LogP contribution < -0.4 is 5.32 Å². The number of piperidine rings is 1. The van der Waals surface area contributed by atoms with E-state index in [1.54, 1.807) is 6.92 Å². The minimum absolute atomic E-state index is 0.00311. The van der Waals surface area contributed by atoms with Crippen molar-refractivity contribution >= 4 is 16.0 Å². The molecule has 1 heterocycles. The summed E-state index contributed by atoms with van der Waals surface area (Å²) in [4.78, 5) is 10.5. The van der Waals surface area contributed by atoms with Gasteiger partial charge in [-0.2, -0.15) is 4.31 Å². The van der Waals surface area contributed by atoms with Crippen molar-refractivity contribution in [2.75, 3.05) is 26.2 Å². The molecule has 6 nitrogen and oxygen atoms in total. The first-order valence-corrected chi connectivity index (χ1v) is 8.93. The number of aryl methyl sites for hydroxylation is 1. The van der Waals surface area contributed by atoms with E-state index in [1.807, 2.05) is 0 Å². The van der Waals surface area contributed by atoms with Gasteiger partial charge in [-0.25, -0.2) is 12.8 Å². The fourth-order valence-electron chi connectivity index (χ4n) is 2.79. The third-order valence-corrected chi connectivity index (χ3v) is 5.97. The number of benzene rings is 1. The molecule has 1 fully saturated rings. The molecular formula is C15H21FN2O4S. The first kappa shape index (κ1) is 17.8. The molecule has 128 valence electrons. The lowest BCUT2D eigenvalue weighted by Gasteiger charge is -2.32. The number of sulfonamides is 1. The van der Waals surface area contributed by atoms with Crippen LogP contribution in [0.4, 0.5) is 4.39 Å². The second-order valence-electron chi connectivity index (χ2n) is 5.81. The maximum atomic E-state index is 13.4. The molecule has 1 aliphatic heterocycles. The molecule has 8 heteroatoms. The number of carboxylic acid groups (broad SMARTS) is 1. The largest absolute Gasteiger partial charge is 0.480 e. The van der Waals surface area contributed by atoms with Crippen LogP contribution in [0.25, 0.3) is 0 Å². The van der Waals surface area contributed by atoms with Crippen LogP contribution in [0.5, 0.6) is 0 Å². The summed E-state index contributed by atoms with van der Waals surface area (Å²) in [5, 5.41) is 11.4. The van der Waals surface area contributed by atoms with Crippen molar-refractivity contribution in [2.24, 2.45) is 5.92 Å². The van der Waals surface area contributed by atoms with Crippen LogP contribution in [0.3, 0.4) is 0 Å². The van der Waals surface area contributed by atoms with E-state index < -0.39 is 21.8 Å². The van der Waals surface area contributed by atoms with Gasteiger partial charge >= 0.3 is 5.97 Å². The molecule has 23 heavy (non-hydrogen) atoms. The molecule has 2 N–H and O–H groups in total. The molecule has 0 bridgehead atoms. The number of nitrogens with one attached hydrogen (secondary N) is 1. The first-order valence-electron chi connectivity index (χ1n) is 7.49. The minimum Gasteiger partial charge on any atom is -0.480 e. The SMILES string of the molecule is Cc1ccc(F)cc1S(=O)(=O)N1CCCC(CNCC(=O)O)C1. The predicted molar refractivity (Wildman–Crippen MR) is 83.1 cm³/mol. The number of hydrogen-bond donors (Lipinski definition) is 2. The Balaban J connectivity index is 2.10. The number of carboxylic acids is 1. The van der Waals surface area contributed by atoms with Crippen molar-refractivity contribution in [3.05, 3.63) is 29.6 Å². The quantitative estimate of drug-likeness (QED) is 0.810. The zero-order chi connectivity index (χ0) is 17.0. The Morgan fingerprint density at radius 3 is 2.91 bits per heavy atom. The topological polar surface area (TPSA) is 86.7 Å². The molecule has 0 saturated carbocycles. The second kappa shape index (κ2) is 7.37. The van der Waals surface area contributed by atoms with Gasteiger partial charge in [-0.3, -0.25) is 4.79 Å². The highest BCUT2D eigenvalue weighted by atomic mass is 32.2. The number of aliphatic carboxylic acids is 1. The Kier molecular flexibility index (Phi) is 5.72. The summed E-state index contributed by atoms with van der Waals surface area (Å²) in [6.07, 6.45) is 1.54. The number of hydrogen-bond acceptors (Lipinski definition) is 4. The minimum atomic E-state index is -3.74. The Morgan fingerprint density at radius 1 is 1.48 bits per heavy atom. The van der Waals surface area contributed by atoms with Gasteiger partial charge in [0.15, 0.2) is 0 Å². The fraction of sp³-hybridized carbons (Fsp3) is 0.533. The highest BCUT2D eigenvalue weighted by Crippen LogP contribution is 2.26. The molecule has 0 aromatic heterocycles. The van der Waals surface area contributed by atoms with Gasteiger partial charge in [0.2, 0.25) is 10.0 Å². The fourth-order valence-corrected chi connectivity index (χ4v) is 4.58. The van der Waals surface area contributed by atoms with Gasteiger partial charge in [0, 0.05) is 13.1 Å². The van der Waals surface area contributed by atoms with Crippen LogP contribution in [0, 0.1) is 18.7 Å². The summed E-state index contributed by atoms with van der Waals surface area (Å²) in [6.45, 7) is 2.65. The number of nitrogens with zero attached hydrogens (tertiary/aromatic N) is 1. The lowest BCUT2D eigenvalue weighted by atomic mass is 10.00. The Bertz CT molecular complexity index is 678. The summed E-state index contributed by atoms with van der Waals surface area (Å²) < 4.78 is 40.2. The zero-order valence-corrected chi connectivity index (χ0v) is 13.8. The molecule has 2 rings (SSSR count). The van der Waals surface area contributed by atoms with Crippen molar-refractivity contribution < 1.29 is 22.7 Å². The van der Waals surface area contributed by atoms with Crippen molar-refractivity contribution in [2.45, 2.75) is 24.7 Å². The van der Waals surface area contributed by atoms with Crippen LogP contribution in [0.15, 0.2) is 23.1 Å². The van der Waals surface area contributed by atoms with Crippen molar-refractivity contribution in [3.8, 4) is 0 Å². The summed E-state index contributed by atoms with van der Waals surface area (Å²) in [5.74, 6) is -1.47. The van der Waals surface area contributed by atoms with Gasteiger partial charge in [0.05, 0.1) is 11.4 Å². The lowest BCUT2D eigenvalue weighted by Crippen LogP contribution is -2.43. The van der Waals surface area contributed by atoms with Crippen LogP contribution in [0.2, 0.25) is 0 Å². The van der Waals surface area contributed by atoms with Crippen molar-refractivity contribution in [1.29, 1.82) is 0 Å². The van der Waals surface area contributed by atoms with Crippen molar-refractivity contribution in [1.82, 2.24) is 9.62 Å². The molecule has 1 unspecified atom stereocenters. The number of carbonyl (C=O) groups is 1. The smallest absolute Gasteiger partial charge is 0.317 e. The maximum Gasteiger partial charge on any atom is 0.317 e. The Morgan fingerprint density at radius 2 is 2.22 bits per heavy atom. The number of rotatable bonds is 6. The second-order valence-corrected chi connectivity index (χ2v) is 7.71. The standard InChI is InChI=1S/C15H21FN2O4S/c1-11-4-5-13(16)7-14(11)23(21,22)18-6-2-3-12(10-18)8-17-9-15(19)20/h4-5,7,12,17H,2-3,6,8-10H2,1H3,(H,19,20). The molecular weight excluding hydrogens is 323 g/mol. The third kappa shape index (κ3) is 4.49. The van der Waals surface area contributed by atoms with Crippen LogP contribution >= 0.6 is 0 Å². The van der Waals surface area contributed by atoms with Crippen LogP contribution in [-0.2, 0) is 14.8 Å². The molecule has 1 aliphatic rings. The van der Waals surface area contributed by atoms with E-state index in [-0.39, 0.29) is 17.4 Å². The molecule has 0 amide bonds. The first-order chi connectivity index (χ1) is 10.8. The Hall–Kier alpha value is -1.51. The highest BCUT2D eigenvalue weighted by molar-refractivity contribution is 7.89. The molecule has 0 spiro atoms. The van der Waals surface area contributed by atoms with E-state index in [0.717, 1.165) is 12.5 Å². The summed E-state index contributed by atoms with van der Waals surface area (Å²) in [5.41, 5.74) is 0.512. The Labute approximate surface area is 135 Å². The summed E-state index contributed by atoms with van der Waals surface area (Å²) in [6, 6.07) is 3.75. The molecule has 0 aliphatic carbocycles. The van der Waals surface area contributed by atoms with Crippen LogP contribution in [-0.4, -0.2) is 50.0 Å². The lowest BCUT2D eigenvalue weighted by molar-refractivity contribution is -0.136. The van der Waals surface area contributed by atoms with Crippen molar-refractivity contribution in [3.63, 3.8) is 0 Å². The van der Waals surface area contributed by atoms with Gasteiger partial charge in [0.1, 0.15) is 5.82 Å². The predicted octanol–water partition coefficient (Wildman–Crippen LogP) is 1.21. The van der Waals surface area contributed by atoms with Gasteiger partial charge in [-0.1, -0.05) is 6.07 Å². The van der Waals surface area contributed by atoms with Crippen LogP contribution in [0.1, 0.15) is 18.4 Å². The number of halogens is 1. The maximum absolute atomic E-state index is 13.4. The molecule has 0 radical (unpaired) electrons. The van der Waals surface area contributed by atoms with E-state index in [0.29, 0.717) is 31.6 Å². The van der Waals surface area contributed by atoms with Gasteiger partial charge in [0.25, 0.3) is 0 Å². The van der Waals surface area contributed by atoms with E-state index in [1.165, 1.54) is 16.4 Å². The molecule has 1 aromatic rings. The molecule has 1 atom stereocenters. The van der Waals surface area contributed by atoms with E-state index >= 15 is 0 Å². The zero-order valence-electron chi connectivity index (χ0n) is 13.0. The third-order valence-electron chi connectivity index (χ3n) is 3.96. The summed E-state index contributed by atoms with van der Waals surface area (Å²) in [7, 11) is -3.74. The highest BCUT2D eigenvalue weighted by Gasteiger charge is 2.31. The van der Waals surface area contributed by atoms with Gasteiger partial charge in [-0.15, -0.1) is 0 Å².